The van der Waals surface area contributed by atoms with Gasteiger partial charge in [-0.2, -0.15) is 18.3 Å². The van der Waals surface area contributed by atoms with E-state index in [1.165, 1.54) is 22.8 Å². The highest BCUT2D eigenvalue weighted by atomic mass is 19.4. The summed E-state index contributed by atoms with van der Waals surface area (Å²) in [5.41, 5.74) is 6.62. The number of halogens is 3. The van der Waals surface area contributed by atoms with E-state index in [1.54, 1.807) is 18.3 Å². The number of rotatable bonds is 2. The monoisotopic (exact) mass is 292 g/mol. The van der Waals surface area contributed by atoms with E-state index >= 15 is 0 Å². The van der Waals surface area contributed by atoms with E-state index in [0.29, 0.717) is 17.0 Å². The highest BCUT2D eigenvalue weighted by molar-refractivity contribution is 5.45. The molecule has 0 radical (unpaired) electrons. The van der Waals surface area contributed by atoms with Gasteiger partial charge < -0.3 is 5.73 Å². The van der Waals surface area contributed by atoms with Crippen LogP contribution in [0.4, 0.5) is 18.9 Å². The molecule has 0 aliphatic heterocycles. The van der Waals surface area contributed by atoms with E-state index < -0.39 is 11.7 Å². The van der Waals surface area contributed by atoms with Crippen LogP contribution >= 0.6 is 0 Å². The van der Waals surface area contributed by atoms with Crippen LogP contribution in [0, 0.1) is 0 Å². The number of nitrogens with zero attached hydrogens (tertiary/aromatic N) is 3. The second kappa shape index (κ2) is 4.76. The maximum Gasteiger partial charge on any atom is 0.416 e. The summed E-state index contributed by atoms with van der Waals surface area (Å²) >= 11 is 0. The number of hydrogen-bond donors (Lipinski definition) is 1. The zero-order chi connectivity index (χ0) is 15.0. The van der Waals surface area contributed by atoms with Crippen molar-refractivity contribution >= 4 is 11.3 Å². The van der Waals surface area contributed by atoms with E-state index in [2.05, 4.69) is 10.1 Å². The molecule has 0 bridgehead atoms. The molecule has 0 unspecified atom stereocenters. The zero-order valence-corrected chi connectivity index (χ0v) is 10.8. The number of alkyl halides is 3. The molecule has 21 heavy (non-hydrogen) atoms. The molecule has 2 aromatic heterocycles. The average Bonchev–Trinajstić information content (AvgIpc) is 2.79. The Kier molecular flexibility index (Phi) is 3.04. The van der Waals surface area contributed by atoms with Crippen molar-refractivity contribution in [3.63, 3.8) is 0 Å². The number of aromatic nitrogens is 3. The van der Waals surface area contributed by atoms with Gasteiger partial charge in [0, 0.05) is 12.5 Å². The molecular weight excluding hydrogens is 281 g/mol. The Morgan fingerprint density at radius 1 is 1.19 bits per heavy atom. The normalized spacial score (nSPS) is 12.0. The maximum atomic E-state index is 13.0. The SMILES string of the molecule is Nc1cnc2cc(Cc3ccccc3C(F)(F)F)nn2c1. The topological polar surface area (TPSA) is 56.2 Å². The van der Waals surface area contributed by atoms with Crippen LogP contribution in [0.2, 0.25) is 0 Å². The third-order valence-corrected chi connectivity index (χ3v) is 3.08. The largest absolute Gasteiger partial charge is 0.416 e. The van der Waals surface area contributed by atoms with Gasteiger partial charge >= 0.3 is 6.18 Å². The first-order chi connectivity index (χ1) is 9.93. The van der Waals surface area contributed by atoms with Gasteiger partial charge in [0.25, 0.3) is 0 Å². The molecule has 0 amide bonds. The van der Waals surface area contributed by atoms with Crippen LogP contribution in [0.3, 0.4) is 0 Å². The van der Waals surface area contributed by atoms with E-state index in [9.17, 15) is 13.2 Å². The number of nitrogens with two attached hydrogens (primary N) is 1. The van der Waals surface area contributed by atoms with Crippen LogP contribution < -0.4 is 5.73 Å². The molecule has 3 aromatic rings. The van der Waals surface area contributed by atoms with Crippen LogP contribution in [0.15, 0.2) is 42.7 Å². The fraction of sp³-hybridized carbons (Fsp3) is 0.143. The first-order valence-corrected chi connectivity index (χ1v) is 6.18. The molecule has 0 saturated heterocycles. The van der Waals surface area contributed by atoms with E-state index in [1.807, 2.05) is 0 Å². The third-order valence-electron chi connectivity index (χ3n) is 3.08. The van der Waals surface area contributed by atoms with Crippen LogP contribution in [-0.2, 0) is 12.6 Å². The van der Waals surface area contributed by atoms with E-state index in [-0.39, 0.29) is 12.0 Å². The zero-order valence-electron chi connectivity index (χ0n) is 10.8. The van der Waals surface area contributed by atoms with Gasteiger partial charge in [-0.25, -0.2) is 9.50 Å². The van der Waals surface area contributed by atoms with E-state index in [0.717, 1.165) is 6.07 Å². The number of fused-ring (bicyclic) bond motifs is 1. The van der Waals surface area contributed by atoms with Crippen LogP contribution in [-0.4, -0.2) is 14.6 Å². The fourth-order valence-electron chi connectivity index (χ4n) is 2.17. The lowest BCUT2D eigenvalue weighted by Gasteiger charge is -2.11. The van der Waals surface area contributed by atoms with Gasteiger partial charge in [-0.3, -0.25) is 0 Å². The van der Waals surface area contributed by atoms with Crippen molar-refractivity contribution in [1.82, 2.24) is 14.6 Å². The predicted octanol–water partition coefficient (Wildman–Crippen LogP) is 2.92. The summed E-state index contributed by atoms with van der Waals surface area (Å²) in [7, 11) is 0. The second-order valence-corrected chi connectivity index (χ2v) is 4.66. The van der Waals surface area contributed by atoms with Crippen LogP contribution in [0.25, 0.3) is 5.65 Å². The first-order valence-electron chi connectivity index (χ1n) is 6.18. The Labute approximate surface area is 118 Å². The Bertz CT molecular complexity index is 792. The van der Waals surface area contributed by atoms with Crippen molar-refractivity contribution < 1.29 is 13.2 Å². The number of anilines is 1. The van der Waals surface area contributed by atoms with Crippen LogP contribution in [0.5, 0.6) is 0 Å². The lowest BCUT2D eigenvalue weighted by atomic mass is 10.0. The van der Waals surface area contributed by atoms with Crippen molar-refractivity contribution in [2.45, 2.75) is 12.6 Å². The Balaban J connectivity index is 1.99. The van der Waals surface area contributed by atoms with Gasteiger partial charge in [0.2, 0.25) is 0 Å². The molecule has 7 heteroatoms. The molecule has 108 valence electrons. The molecule has 1 aromatic carbocycles. The summed E-state index contributed by atoms with van der Waals surface area (Å²) in [5, 5.41) is 4.20. The minimum atomic E-state index is -4.38. The van der Waals surface area contributed by atoms with Crippen molar-refractivity contribution in [2.24, 2.45) is 0 Å². The minimum Gasteiger partial charge on any atom is -0.396 e. The number of hydrogen-bond acceptors (Lipinski definition) is 3. The van der Waals surface area contributed by atoms with Gasteiger partial charge in [-0.05, 0) is 11.6 Å². The molecule has 0 aliphatic carbocycles. The molecule has 2 N–H and O–H groups in total. The van der Waals surface area contributed by atoms with Crippen molar-refractivity contribution in [3.8, 4) is 0 Å². The summed E-state index contributed by atoms with van der Waals surface area (Å²) in [6.45, 7) is 0. The summed E-state index contributed by atoms with van der Waals surface area (Å²) in [6, 6.07) is 7.12. The standard InChI is InChI=1S/C14H11F3N4/c15-14(16,17)12-4-2-1-3-9(12)5-11-6-13-19-7-10(18)8-21(13)20-11/h1-4,6-8H,5,18H2. The molecule has 0 aliphatic rings. The minimum absolute atomic E-state index is 0.0823. The van der Waals surface area contributed by atoms with Gasteiger partial charge in [0.05, 0.1) is 29.3 Å². The highest BCUT2D eigenvalue weighted by Gasteiger charge is 2.32. The summed E-state index contributed by atoms with van der Waals surface area (Å²) in [5.74, 6) is 0. The molecule has 3 rings (SSSR count). The summed E-state index contributed by atoms with van der Waals surface area (Å²) in [4.78, 5) is 4.07. The molecule has 0 fully saturated rings. The Morgan fingerprint density at radius 3 is 2.71 bits per heavy atom. The van der Waals surface area contributed by atoms with Crippen molar-refractivity contribution in [1.29, 1.82) is 0 Å². The van der Waals surface area contributed by atoms with Crippen molar-refractivity contribution in [2.75, 3.05) is 5.73 Å². The summed E-state index contributed by atoms with van der Waals surface area (Å²) in [6.07, 6.45) is -1.25. The van der Waals surface area contributed by atoms with Crippen LogP contribution in [0.1, 0.15) is 16.8 Å². The van der Waals surface area contributed by atoms with Gasteiger partial charge in [-0.1, -0.05) is 18.2 Å². The van der Waals surface area contributed by atoms with Gasteiger partial charge in [0.1, 0.15) is 0 Å². The van der Waals surface area contributed by atoms with E-state index in [4.69, 9.17) is 5.73 Å². The smallest absolute Gasteiger partial charge is 0.396 e. The maximum absolute atomic E-state index is 13.0. The van der Waals surface area contributed by atoms with Gasteiger partial charge in [-0.15, -0.1) is 0 Å². The molecular formula is C14H11F3N4. The fourth-order valence-corrected chi connectivity index (χ4v) is 2.17. The van der Waals surface area contributed by atoms with Gasteiger partial charge in [0.15, 0.2) is 5.65 Å². The quantitative estimate of drug-likeness (QED) is 0.790. The molecule has 0 atom stereocenters. The highest BCUT2D eigenvalue weighted by Crippen LogP contribution is 2.32. The second-order valence-electron chi connectivity index (χ2n) is 4.66. The number of nitrogen functional groups attached to an aromatic ring is 1. The molecule has 0 saturated carbocycles. The molecule has 4 nitrogen and oxygen atoms in total. The average molecular weight is 292 g/mol. The van der Waals surface area contributed by atoms with Crippen molar-refractivity contribution in [3.05, 3.63) is 59.5 Å². The predicted molar refractivity (Wildman–Crippen MR) is 71.6 cm³/mol. The Hall–Kier alpha value is -2.57. The number of benzene rings is 1. The molecule has 2 heterocycles. The lowest BCUT2D eigenvalue weighted by Crippen LogP contribution is -2.09. The first kappa shape index (κ1) is 13.4. The third kappa shape index (κ3) is 2.67. The Morgan fingerprint density at radius 2 is 1.95 bits per heavy atom. The molecule has 0 spiro atoms. The summed E-state index contributed by atoms with van der Waals surface area (Å²) < 4.78 is 40.3. The lowest BCUT2D eigenvalue weighted by molar-refractivity contribution is -0.138.